The average Bonchev–Trinajstić information content (AvgIpc) is 2.73. The van der Waals surface area contributed by atoms with Crippen molar-refractivity contribution in [2.75, 3.05) is 5.32 Å². The van der Waals surface area contributed by atoms with E-state index in [4.69, 9.17) is 16.1 Å². The van der Waals surface area contributed by atoms with E-state index < -0.39 is 4.92 Å². The molecule has 0 aliphatic rings. The molecule has 0 saturated heterocycles. The van der Waals surface area contributed by atoms with Gasteiger partial charge in [0, 0.05) is 19.2 Å². The average molecular weight is 270 g/mol. The van der Waals surface area contributed by atoms with Crippen molar-refractivity contribution in [3.8, 4) is 0 Å². The van der Waals surface area contributed by atoms with Crippen LogP contribution in [0.4, 0.5) is 11.5 Å². The van der Waals surface area contributed by atoms with Crippen LogP contribution < -0.4 is 5.32 Å². The van der Waals surface area contributed by atoms with Gasteiger partial charge in [-0.15, -0.1) is 0 Å². The molecule has 1 N–H and O–H groups in total. The highest BCUT2D eigenvalue weighted by Gasteiger charge is 2.16. The highest BCUT2D eigenvalue weighted by Crippen LogP contribution is 2.25. The monoisotopic (exact) mass is 269 g/mol. The molecular formula is C9H8ClN5O3. The molecule has 0 unspecified atom stereocenters. The summed E-state index contributed by atoms with van der Waals surface area (Å²) in [5, 5.41) is 17.4. The fourth-order valence-electron chi connectivity index (χ4n) is 1.28. The largest absolute Gasteiger partial charge is 0.357 e. The smallest absolute Gasteiger partial charge is 0.312 e. The van der Waals surface area contributed by atoms with Crippen LogP contribution in [0.25, 0.3) is 0 Å². The molecule has 0 aliphatic heterocycles. The van der Waals surface area contributed by atoms with Crippen LogP contribution in [0.1, 0.15) is 11.7 Å². The molecule has 0 amide bonds. The van der Waals surface area contributed by atoms with Crippen molar-refractivity contribution < 1.29 is 9.45 Å². The van der Waals surface area contributed by atoms with Gasteiger partial charge in [0.25, 0.3) is 0 Å². The summed E-state index contributed by atoms with van der Waals surface area (Å²) in [4.78, 5) is 18.0. The van der Waals surface area contributed by atoms with Crippen LogP contribution in [0.5, 0.6) is 0 Å². The van der Waals surface area contributed by atoms with Crippen LogP contribution in [-0.4, -0.2) is 20.0 Å². The van der Waals surface area contributed by atoms with Crippen molar-refractivity contribution in [3.63, 3.8) is 0 Å². The van der Waals surface area contributed by atoms with Gasteiger partial charge in [-0.25, -0.2) is 4.98 Å². The van der Waals surface area contributed by atoms with Gasteiger partial charge in [-0.1, -0.05) is 16.8 Å². The number of pyridine rings is 1. The van der Waals surface area contributed by atoms with E-state index in [-0.39, 0.29) is 23.1 Å². The minimum atomic E-state index is -0.567. The molecule has 0 aliphatic carbocycles. The molecule has 2 rings (SSSR count). The summed E-state index contributed by atoms with van der Waals surface area (Å²) in [7, 11) is 0. The first-order valence-electron chi connectivity index (χ1n) is 4.89. The molecule has 2 aromatic rings. The van der Waals surface area contributed by atoms with Gasteiger partial charge in [-0.2, -0.15) is 4.98 Å². The first-order valence-corrected chi connectivity index (χ1v) is 5.27. The van der Waals surface area contributed by atoms with Crippen LogP contribution in [0.3, 0.4) is 0 Å². The van der Waals surface area contributed by atoms with E-state index in [1.54, 1.807) is 6.92 Å². The molecule has 0 saturated carbocycles. The van der Waals surface area contributed by atoms with E-state index >= 15 is 0 Å². The molecule has 9 heteroatoms. The van der Waals surface area contributed by atoms with Crippen LogP contribution in [-0.2, 0) is 6.54 Å². The number of aromatic nitrogens is 3. The Balaban J connectivity index is 2.16. The van der Waals surface area contributed by atoms with E-state index in [1.165, 1.54) is 12.3 Å². The summed E-state index contributed by atoms with van der Waals surface area (Å²) < 4.78 is 4.77. The summed E-state index contributed by atoms with van der Waals surface area (Å²) >= 11 is 5.65. The SMILES string of the molecule is Cc1nc(CNc2ncc(Cl)cc2[N+](=O)[O-])no1. The second kappa shape index (κ2) is 4.96. The summed E-state index contributed by atoms with van der Waals surface area (Å²) in [6.07, 6.45) is 1.32. The van der Waals surface area contributed by atoms with Gasteiger partial charge < -0.3 is 9.84 Å². The highest BCUT2D eigenvalue weighted by molar-refractivity contribution is 6.30. The van der Waals surface area contributed by atoms with E-state index in [0.717, 1.165) is 0 Å². The van der Waals surface area contributed by atoms with E-state index in [0.29, 0.717) is 11.7 Å². The van der Waals surface area contributed by atoms with E-state index in [9.17, 15) is 10.1 Å². The number of aryl methyl sites for hydroxylation is 1. The number of rotatable bonds is 4. The quantitative estimate of drug-likeness (QED) is 0.667. The van der Waals surface area contributed by atoms with Gasteiger partial charge in [0.05, 0.1) is 16.5 Å². The first-order chi connectivity index (χ1) is 8.56. The topological polar surface area (TPSA) is 107 Å². The summed E-state index contributed by atoms with van der Waals surface area (Å²) in [5.41, 5.74) is -0.206. The molecule has 8 nitrogen and oxygen atoms in total. The molecule has 94 valence electrons. The maximum Gasteiger partial charge on any atom is 0.312 e. The Morgan fingerprint density at radius 2 is 2.39 bits per heavy atom. The minimum absolute atomic E-state index is 0.104. The highest BCUT2D eigenvalue weighted by atomic mass is 35.5. The van der Waals surface area contributed by atoms with Crippen LogP contribution in [0, 0.1) is 17.0 Å². The lowest BCUT2D eigenvalue weighted by Crippen LogP contribution is -2.05. The first kappa shape index (κ1) is 12.2. The molecule has 2 heterocycles. The zero-order chi connectivity index (χ0) is 13.1. The fourth-order valence-corrected chi connectivity index (χ4v) is 1.43. The number of nitrogens with zero attached hydrogens (tertiary/aromatic N) is 4. The van der Waals surface area contributed by atoms with Gasteiger partial charge in [0.1, 0.15) is 0 Å². The second-order valence-corrected chi connectivity index (χ2v) is 3.80. The zero-order valence-electron chi connectivity index (χ0n) is 9.25. The third-order valence-corrected chi connectivity index (χ3v) is 2.22. The van der Waals surface area contributed by atoms with Crippen LogP contribution >= 0.6 is 11.6 Å². The predicted octanol–water partition coefficient (Wildman–Crippen LogP) is 1.95. The van der Waals surface area contributed by atoms with Crippen molar-refractivity contribution in [3.05, 3.63) is 39.1 Å². The molecule has 0 spiro atoms. The minimum Gasteiger partial charge on any atom is -0.357 e. The Labute approximate surface area is 106 Å². The number of nitro groups is 1. The maximum atomic E-state index is 10.8. The van der Waals surface area contributed by atoms with Gasteiger partial charge in [-0.05, 0) is 0 Å². The van der Waals surface area contributed by atoms with E-state index in [1.807, 2.05) is 0 Å². The van der Waals surface area contributed by atoms with Crippen LogP contribution in [0.15, 0.2) is 16.8 Å². The lowest BCUT2D eigenvalue weighted by atomic mass is 10.4. The van der Waals surface area contributed by atoms with Crippen molar-refractivity contribution in [2.24, 2.45) is 0 Å². The van der Waals surface area contributed by atoms with Gasteiger partial charge in [0.2, 0.25) is 11.7 Å². The van der Waals surface area contributed by atoms with Crippen molar-refractivity contribution in [1.82, 2.24) is 15.1 Å². The number of nitrogens with one attached hydrogen (secondary N) is 1. The Morgan fingerprint density at radius 3 is 3.00 bits per heavy atom. The molecule has 0 atom stereocenters. The Morgan fingerprint density at radius 1 is 1.61 bits per heavy atom. The molecule has 0 fully saturated rings. The lowest BCUT2D eigenvalue weighted by Gasteiger charge is -2.03. The number of hydrogen-bond acceptors (Lipinski definition) is 7. The standard InChI is InChI=1S/C9H8ClN5O3/c1-5-13-8(14-18-5)4-12-9-7(15(16)17)2-6(10)3-11-9/h2-3H,4H2,1H3,(H,11,12). The van der Waals surface area contributed by atoms with E-state index in [2.05, 4.69) is 20.4 Å². The van der Waals surface area contributed by atoms with Crippen LogP contribution in [0.2, 0.25) is 5.02 Å². The second-order valence-electron chi connectivity index (χ2n) is 3.36. The fraction of sp³-hybridized carbons (Fsp3) is 0.222. The Bertz CT molecular complexity index is 585. The third-order valence-electron chi connectivity index (χ3n) is 2.01. The maximum absolute atomic E-state index is 10.8. The summed E-state index contributed by atoms with van der Waals surface area (Å²) in [6.45, 7) is 1.83. The van der Waals surface area contributed by atoms with Crippen molar-refractivity contribution in [1.29, 1.82) is 0 Å². The Kier molecular flexibility index (Phi) is 3.38. The summed E-state index contributed by atoms with van der Waals surface area (Å²) in [6, 6.07) is 1.22. The van der Waals surface area contributed by atoms with Crippen molar-refractivity contribution in [2.45, 2.75) is 13.5 Å². The third kappa shape index (κ3) is 2.72. The number of hydrogen-bond donors (Lipinski definition) is 1. The number of anilines is 1. The Hall–Kier alpha value is -2.22. The molecule has 0 aromatic carbocycles. The normalized spacial score (nSPS) is 10.3. The molecule has 0 bridgehead atoms. The molecule has 0 radical (unpaired) electrons. The molecule has 18 heavy (non-hydrogen) atoms. The predicted molar refractivity (Wildman–Crippen MR) is 62.3 cm³/mol. The van der Waals surface area contributed by atoms with Crippen molar-refractivity contribution >= 4 is 23.1 Å². The molecular weight excluding hydrogens is 262 g/mol. The van der Waals surface area contributed by atoms with Gasteiger partial charge >= 0.3 is 5.69 Å². The molecule has 2 aromatic heterocycles. The number of halogens is 1. The summed E-state index contributed by atoms with van der Waals surface area (Å²) in [5.74, 6) is 0.913. The zero-order valence-corrected chi connectivity index (χ0v) is 10.0. The van der Waals surface area contributed by atoms with Gasteiger partial charge in [-0.3, -0.25) is 10.1 Å². The lowest BCUT2D eigenvalue weighted by molar-refractivity contribution is -0.384. The van der Waals surface area contributed by atoms with Gasteiger partial charge in [0.15, 0.2) is 5.82 Å².